The molecule has 3 N–H and O–H groups in total. The van der Waals surface area contributed by atoms with Crippen LogP contribution in [0.25, 0.3) is 0 Å². The minimum Gasteiger partial charge on any atom is -0.396 e. The van der Waals surface area contributed by atoms with Gasteiger partial charge in [-0.05, 0) is 38.0 Å². The summed E-state index contributed by atoms with van der Waals surface area (Å²) in [5.74, 6) is 0.178. The van der Waals surface area contributed by atoms with Gasteiger partial charge in [-0.2, -0.15) is 0 Å². The zero-order valence-corrected chi connectivity index (χ0v) is 13.5. The Morgan fingerprint density at radius 1 is 1.36 bits per heavy atom. The number of nitrogens with zero attached hydrogens (tertiary/aromatic N) is 1. The summed E-state index contributed by atoms with van der Waals surface area (Å²) in [5, 5.41) is 15.3. The number of urea groups is 1. The van der Waals surface area contributed by atoms with Crippen molar-refractivity contribution in [2.45, 2.75) is 38.6 Å². The van der Waals surface area contributed by atoms with Gasteiger partial charge in [-0.3, -0.25) is 0 Å². The van der Waals surface area contributed by atoms with Gasteiger partial charge in [0.05, 0.1) is 0 Å². The Kier molecular flexibility index (Phi) is 6.07. The quantitative estimate of drug-likeness (QED) is 0.784. The summed E-state index contributed by atoms with van der Waals surface area (Å²) in [5.41, 5.74) is 1.86. The van der Waals surface area contributed by atoms with Crippen LogP contribution in [-0.2, 0) is 0 Å². The highest BCUT2D eigenvalue weighted by Crippen LogP contribution is 2.24. The second kappa shape index (κ2) is 8.03. The van der Waals surface area contributed by atoms with E-state index in [1.165, 1.54) is 0 Å². The monoisotopic (exact) mass is 305 g/mol. The number of hydrogen-bond acceptors (Lipinski definition) is 3. The predicted octanol–water partition coefficient (Wildman–Crippen LogP) is 2.82. The molecule has 0 saturated heterocycles. The SMILES string of the molecule is CCN(C)c1cccc(NC(=O)N[C@@H]2CCCC[C@H]2CO)c1. The highest BCUT2D eigenvalue weighted by Gasteiger charge is 2.25. The van der Waals surface area contributed by atoms with Gasteiger partial charge in [0.25, 0.3) is 0 Å². The molecule has 0 heterocycles. The van der Waals surface area contributed by atoms with Crippen molar-refractivity contribution in [3.05, 3.63) is 24.3 Å². The summed E-state index contributed by atoms with van der Waals surface area (Å²) in [6.45, 7) is 3.14. The number of anilines is 2. The van der Waals surface area contributed by atoms with Gasteiger partial charge < -0.3 is 20.6 Å². The van der Waals surface area contributed by atoms with Crippen molar-refractivity contribution in [3.63, 3.8) is 0 Å². The lowest BCUT2D eigenvalue weighted by Gasteiger charge is -2.30. The van der Waals surface area contributed by atoms with Crippen LogP contribution >= 0.6 is 0 Å². The molecule has 0 aromatic heterocycles. The lowest BCUT2D eigenvalue weighted by Crippen LogP contribution is -2.45. The van der Waals surface area contributed by atoms with Crippen LogP contribution < -0.4 is 15.5 Å². The second-order valence-corrected chi connectivity index (χ2v) is 6.00. The van der Waals surface area contributed by atoms with Gasteiger partial charge in [0.2, 0.25) is 0 Å². The fourth-order valence-corrected chi connectivity index (χ4v) is 2.96. The van der Waals surface area contributed by atoms with Gasteiger partial charge in [-0.1, -0.05) is 18.9 Å². The summed E-state index contributed by atoms with van der Waals surface area (Å²) in [7, 11) is 2.02. The van der Waals surface area contributed by atoms with E-state index in [1.807, 2.05) is 31.3 Å². The van der Waals surface area contributed by atoms with Crippen molar-refractivity contribution in [2.24, 2.45) is 5.92 Å². The Labute approximate surface area is 132 Å². The molecule has 1 fully saturated rings. The molecule has 0 spiro atoms. The van der Waals surface area contributed by atoms with E-state index < -0.39 is 0 Å². The van der Waals surface area contributed by atoms with Crippen molar-refractivity contribution in [1.29, 1.82) is 0 Å². The van der Waals surface area contributed by atoms with E-state index in [2.05, 4.69) is 22.5 Å². The molecule has 0 bridgehead atoms. The third kappa shape index (κ3) is 4.37. The first-order valence-electron chi connectivity index (χ1n) is 8.13. The van der Waals surface area contributed by atoms with Crippen molar-refractivity contribution < 1.29 is 9.90 Å². The number of nitrogens with one attached hydrogen (secondary N) is 2. The second-order valence-electron chi connectivity index (χ2n) is 6.00. The van der Waals surface area contributed by atoms with Gasteiger partial charge in [0.15, 0.2) is 0 Å². The molecule has 1 aliphatic carbocycles. The topological polar surface area (TPSA) is 64.6 Å². The first kappa shape index (κ1) is 16.6. The van der Waals surface area contributed by atoms with E-state index in [9.17, 15) is 9.90 Å². The Bertz CT molecular complexity index is 493. The van der Waals surface area contributed by atoms with Crippen LogP contribution in [0.2, 0.25) is 0 Å². The van der Waals surface area contributed by atoms with Crippen LogP contribution in [-0.4, -0.2) is 37.4 Å². The molecule has 122 valence electrons. The van der Waals surface area contributed by atoms with Gasteiger partial charge in [0.1, 0.15) is 0 Å². The molecule has 1 aromatic rings. The molecular formula is C17H27N3O2. The number of carbonyl (C=O) groups is 1. The minimum absolute atomic E-state index is 0.0697. The standard InChI is InChI=1S/C17H27N3O2/c1-3-20(2)15-9-6-8-14(11-15)18-17(22)19-16-10-5-4-7-13(16)12-21/h6,8-9,11,13,16,21H,3-5,7,10,12H2,1-2H3,(H2,18,19,22)/t13-,16+/m0/s1. The van der Waals surface area contributed by atoms with E-state index in [-0.39, 0.29) is 24.6 Å². The van der Waals surface area contributed by atoms with Crippen molar-refractivity contribution in [3.8, 4) is 0 Å². The molecule has 0 radical (unpaired) electrons. The summed E-state index contributed by atoms with van der Waals surface area (Å²) in [4.78, 5) is 14.3. The van der Waals surface area contributed by atoms with Crippen LogP contribution in [0.5, 0.6) is 0 Å². The van der Waals surface area contributed by atoms with E-state index >= 15 is 0 Å². The van der Waals surface area contributed by atoms with E-state index in [0.29, 0.717) is 0 Å². The molecule has 2 rings (SSSR count). The van der Waals surface area contributed by atoms with Gasteiger partial charge in [-0.15, -0.1) is 0 Å². The average Bonchev–Trinajstić information content (AvgIpc) is 2.54. The molecule has 0 aliphatic heterocycles. The molecule has 22 heavy (non-hydrogen) atoms. The van der Waals surface area contributed by atoms with Crippen molar-refractivity contribution in [1.82, 2.24) is 5.32 Å². The van der Waals surface area contributed by atoms with E-state index in [1.54, 1.807) is 0 Å². The zero-order valence-electron chi connectivity index (χ0n) is 13.5. The number of amides is 2. The van der Waals surface area contributed by atoms with Crippen LogP contribution in [0.1, 0.15) is 32.6 Å². The number of aliphatic hydroxyl groups excluding tert-OH is 1. The Morgan fingerprint density at radius 2 is 2.14 bits per heavy atom. The van der Waals surface area contributed by atoms with Crippen molar-refractivity contribution >= 4 is 17.4 Å². The normalized spacial score (nSPS) is 21.2. The van der Waals surface area contributed by atoms with E-state index in [4.69, 9.17) is 0 Å². The van der Waals surface area contributed by atoms with Gasteiger partial charge >= 0.3 is 6.03 Å². The Morgan fingerprint density at radius 3 is 2.86 bits per heavy atom. The van der Waals surface area contributed by atoms with E-state index in [0.717, 1.165) is 43.6 Å². The third-order valence-electron chi connectivity index (χ3n) is 4.48. The van der Waals surface area contributed by atoms with Crippen LogP contribution in [0.15, 0.2) is 24.3 Å². The maximum absolute atomic E-state index is 12.2. The summed E-state index contributed by atoms with van der Waals surface area (Å²) < 4.78 is 0. The molecular weight excluding hydrogens is 278 g/mol. The van der Waals surface area contributed by atoms with Crippen LogP contribution in [0.3, 0.4) is 0 Å². The maximum atomic E-state index is 12.2. The molecule has 2 amide bonds. The molecule has 5 heteroatoms. The largest absolute Gasteiger partial charge is 0.396 e. The average molecular weight is 305 g/mol. The highest BCUT2D eigenvalue weighted by molar-refractivity contribution is 5.90. The van der Waals surface area contributed by atoms with Crippen LogP contribution in [0.4, 0.5) is 16.2 Å². The number of aliphatic hydroxyl groups is 1. The molecule has 1 aromatic carbocycles. The van der Waals surface area contributed by atoms with Crippen molar-refractivity contribution in [2.75, 3.05) is 30.4 Å². The lowest BCUT2D eigenvalue weighted by molar-refractivity contribution is 0.156. The Balaban J connectivity index is 1.94. The first-order chi connectivity index (χ1) is 10.6. The molecule has 5 nitrogen and oxygen atoms in total. The molecule has 1 saturated carbocycles. The fourth-order valence-electron chi connectivity index (χ4n) is 2.96. The summed E-state index contributed by atoms with van der Waals surface area (Å²) in [6, 6.07) is 7.69. The number of carbonyl (C=O) groups excluding carboxylic acids is 1. The smallest absolute Gasteiger partial charge is 0.319 e. The third-order valence-corrected chi connectivity index (χ3v) is 4.48. The number of hydrogen-bond donors (Lipinski definition) is 3. The highest BCUT2D eigenvalue weighted by atomic mass is 16.3. The summed E-state index contributed by atoms with van der Waals surface area (Å²) in [6.07, 6.45) is 4.17. The zero-order chi connectivity index (χ0) is 15.9. The molecule has 0 unspecified atom stereocenters. The molecule has 1 aliphatic rings. The van der Waals surface area contributed by atoms with Gasteiger partial charge in [-0.25, -0.2) is 4.79 Å². The predicted molar refractivity (Wildman–Crippen MR) is 90.4 cm³/mol. The minimum atomic E-state index is -0.193. The molecule has 2 atom stereocenters. The maximum Gasteiger partial charge on any atom is 0.319 e. The summed E-state index contributed by atoms with van der Waals surface area (Å²) >= 11 is 0. The lowest BCUT2D eigenvalue weighted by atomic mass is 9.85. The van der Waals surface area contributed by atoms with Gasteiger partial charge in [0, 0.05) is 43.5 Å². The fraction of sp³-hybridized carbons (Fsp3) is 0.588. The first-order valence-corrected chi connectivity index (χ1v) is 8.13. The number of rotatable bonds is 5. The number of benzene rings is 1. The Hall–Kier alpha value is -1.75. The van der Waals surface area contributed by atoms with Crippen LogP contribution in [0, 0.1) is 5.92 Å².